The number of aryl methyl sites for hydroxylation is 3. The van der Waals surface area contributed by atoms with Gasteiger partial charge in [0.1, 0.15) is 11.5 Å². The van der Waals surface area contributed by atoms with E-state index in [0.29, 0.717) is 0 Å². The predicted octanol–water partition coefficient (Wildman–Crippen LogP) is 5.25. The van der Waals surface area contributed by atoms with E-state index in [1.807, 2.05) is 32.9 Å². The van der Waals surface area contributed by atoms with Gasteiger partial charge in [0, 0.05) is 10.4 Å². The molecule has 0 fully saturated rings. The Kier molecular flexibility index (Phi) is 3.34. The number of hydrogen-bond donors (Lipinski definition) is 0. The average Bonchev–Trinajstić information content (AvgIpc) is 2.70. The van der Waals surface area contributed by atoms with Crippen LogP contribution in [-0.4, -0.2) is 0 Å². The smallest absolute Gasteiger partial charge is 0.106 e. The molecule has 16 heavy (non-hydrogen) atoms. The molecule has 0 aliphatic carbocycles. The van der Waals surface area contributed by atoms with Crippen LogP contribution < -0.4 is 0 Å². The van der Waals surface area contributed by atoms with Crippen LogP contribution in [0.2, 0.25) is 4.34 Å². The summed E-state index contributed by atoms with van der Waals surface area (Å²) in [4.78, 5) is 1.06. The first-order chi connectivity index (χ1) is 7.49. The van der Waals surface area contributed by atoms with Crippen molar-refractivity contribution in [1.29, 1.82) is 0 Å². The molecule has 2 aromatic heterocycles. The number of halogens is 2. The summed E-state index contributed by atoms with van der Waals surface area (Å²) >= 11 is 14.0. The standard InChI is InChI=1S/C12H12Cl2OS/c1-6-4-10(16-12(6)14)11(13)9-5-7(2)15-8(9)3/h4-5,11H,1-3H3. The summed E-state index contributed by atoms with van der Waals surface area (Å²) < 4.78 is 6.29. The highest BCUT2D eigenvalue weighted by Crippen LogP contribution is 2.39. The fraction of sp³-hybridized carbons (Fsp3) is 0.333. The lowest BCUT2D eigenvalue weighted by Crippen LogP contribution is -1.89. The Balaban J connectivity index is 2.38. The van der Waals surface area contributed by atoms with Crippen LogP contribution in [0.25, 0.3) is 0 Å². The Labute approximate surface area is 109 Å². The molecule has 0 spiro atoms. The second-order valence-electron chi connectivity index (χ2n) is 3.84. The Morgan fingerprint density at radius 1 is 1.25 bits per heavy atom. The maximum Gasteiger partial charge on any atom is 0.106 e. The van der Waals surface area contributed by atoms with Crippen molar-refractivity contribution in [3.63, 3.8) is 0 Å². The third-order valence-electron chi connectivity index (χ3n) is 2.48. The molecule has 0 aliphatic heterocycles. The normalized spacial score (nSPS) is 13.1. The van der Waals surface area contributed by atoms with Gasteiger partial charge >= 0.3 is 0 Å². The maximum absolute atomic E-state index is 6.43. The molecule has 1 nitrogen and oxygen atoms in total. The van der Waals surface area contributed by atoms with Crippen molar-refractivity contribution in [2.45, 2.75) is 26.1 Å². The molecule has 2 aromatic rings. The minimum absolute atomic E-state index is 0.173. The molecule has 1 atom stereocenters. The average molecular weight is 275 g/mol. The van der Waals surface area contributed by atoms with Crippen LogP contribution in [0.1, 0.15) is 32.9 Å². The van der Waals surface area contributed by atoms with E-state index in [4.69, 9.17) is 27.6 Å². The van der Waals surface area contributed by atoms with Gasteiger partial charge in [0.15, 0.2) is 0 Å². The summed E-state index contributed by atoms with van der Waals surface area (Å²) in [5, 5.41) is -0.173. The Morgan fingerprint density at radius 3 is 2.38 bits per heavy atom. The number of furan rings is 1. The van der Waals surface area contributed by atoms with E-state index >= 15 is 0 Å². The Hall–Kier alpha value is -0.440. The zero-order valence-electron chi connectivity index (χ0n) is 9.30. The molecule has 86 valence electrons. The van der Waals surface area contributed by atoms with Crippen LogP contribution in [0.4, 0.5) is 0 Å². The number of hydrogen-bond acceptors (Lipinski definition) is 2. The Morgan fingerprint density at radius 2 is 1.94 bits per heavy atom. The predicted molar refractivity (Wildman–Crippen MR) is 69.9 cm³/mol. The lowest BCUT2D eigenvalue weighted by atomic mass is 10.1. The second-order valence-corrected chi connectivity index (χ2v) is 5.96. The molecule has 0 aliphatic rings. The van der Waals surface area contributed by atoms with Gasteiger partial charge in [-0.25, -0.2) is 0 Å². The molecule has 1 unspecified atom stereocenters. The molecule has 2 heterocycles. The second kappa shape index (κ2) is 4.44. The third kappa shape index (κ3) is 2.15. The van der Waals surface area contributed by atoms with Gasteiger partial charge in [-0.2, -0.15) is 0 Å². The van der Waals surface area contributed by atoms with Crippen molar-refractivity contribution in [2.75, 3.05) is 0 Å². The summed E-state index contributed by atoms with van der Waals surface area (Å²) in [5.74, 6) is 1.76. The molecule has 0 bridgehead atoms. The van der Waals surface area contributed by atoms with E-state index in [-0.39, 0.29) is 5.38 Å². The molecule has 0 aromatic carbocycles. The molecule has 4 heteroatoms. The molecular formula is C12H12Cl2OS. The molecular weight excluding hydrogens is 263 g/mol. The first-order valence-electron chi connectivity index (χ1n) is 4.96. The van der Waals surface area contributed by atoms with Crippen LogP contribution in [0.3, 0.4) is 0 Å². The monoisotopic (exact) mass is 274 g/mol. The number of alkyl halides is 1. The van der Waals surface area contributed by atoms with E-state index < -0.39 is 0 Å². The SMILES string of the molecule is Cc1cc(C(Cl)c2cc(C)c(Cl)s2)c(C)o1. The molecule has 0 N–H and O–H groups in total. The van der Waals surface area contributed by atoms with Crippen LogP contribution in [0.5, 0.6) is 0 Å². The molecule has 0 radical (unpaired) electrons. The highest BCUT2D eigenvalue weighted by molar-refractivity contribution is 7.16. The molecule has 2 rings (SSSR count). The third-order valence-corrected chi connectivity index (χ3v) is 4.70. The first kappa shape index (κ1) is 12.0. The quantitative estimate of drug-likeness (QED) is 0.682. The van der Waals surface area contributed by atoms with Gasteiger partial charge in [0.05, 0.1) is 9.71 Å². The minimum Gasteiger partial charge on any atom is -0.466 e. The largest absolute Gasteiger partial charge is 0.466 e. The van der Waals surface area contributed by atoms with Gasteiger partial charge < -0.3 is 4.42 Å². The lowest BCUT2D eigenvalue weighted by molar-refractivity contribution is 0.501. The highest BCUT2D eigenvalue weighted by atomic mass is 35.5. The van der Waals surface area contributed by atoms with Crippen molar-refractivity contribution in [3.8, 4) is 0 Å². The van der Waals surface area contributed by atoms with Gasteiger partial charge in [0.25, 0.3) is 0 Å². The van der Waals surface area contributed by atoms with Crippen molar-refractivity contribution >= 4 is 34.5 Å². The van der Waals surface area contributed by atoms with E-state index in [2.05, 4.69) is 0 Å². The first-order valence-corrected chi connectivity index (χ1v) is 6.59. The summed E-state index contributed by atoms with van der Waals surface area (Å²) in [6.45, 7) is 5.84. The van der Waals surface area contributed by atoms with Gasteiger partial charge in [0.2, 0.25) is 0 Å². The van der Waals surface area contributed by atoms with Crippen LogP contribution >= 0.6 is 34.5 Å². The number of rotatable bonds is 2. The summed E-state index contributed by atoms with van der Waals surface area (Å²) in [5.41, 5.74) is 2.10. The number of thiophene rings is 1. The zero-order valence-corrected chi connectivity index (χ0v) is 11.6. The van der Waals surface area contributed by atoms with Crippen molar-refractivity contribution in [2.24, 2.45) is 0 Å². The summed E-state index contributed by atoms with van der Waals surface area (Å²) in [6.07, 6.45) is 0. The topological polar surface area (TPSA) is 13.1 Å². The fourth-order valence-electron chi connectivity index (χ4n) is 1.66. The summed E-state index contributed by atoms with van der Waals surface area (Å²) in [6, 6.07) is 4.02. The molecule has 0 saturated carbocycles. The van der Waals surface area contributed by atoms with Gasteiger partial charge in [-0.15, -0.1) is 22.9 Å². The van der Waals surface area contributed by atoms with Gasteiger partial charge in [-0.1, -0.05) is 11.6 Å². The van der Waals surface area contributed by atoms with Crippen LogP contribution in [-0.2, 0) is 0 Å². The Bertz CT molecular complexity index is 494. The zero-order chi connectivity index (χ0) is 11.9. The van der Waals surface area contributed by atoms with Crippen molar-refractivity contribution in [3.05, 3.63) is 44.0 Å². The lowest BCUT2D eigenvalue weighted by Gasteiger charge is -2.04. The van der Waals surface area contributed by atoms with Crippen LogP contribution in [0, 0.1) is 20.8 Å². The molecule has 0 saturated heterocycles. The summed E-state index contributed by atoms with van der Waals surface area (Å²) in [7, 11) is 0. The van der Waals surface area contributed by atoms with E-state index in [1.54, 1.807) is 0 Å². The molecule has 0 amide bonds. The van der Waals surface area contributed by atoms with Crippen LogP contribution in [0.15, 0.2) is 16.5 Å². The van der Waals surface area contributed by atoms with Crippen molar-refractivity contribution in [1.82, 2.24) is 0 Å². The maximum atomic E-state index is 6.43. The van der Waals surface area contributed by atoms with Gasteiger partial charge in [-0.3, -0.25) is 0 Å². The fourth-order valence-corrected chi connectivity index (χ4v) is 3.29. The highest BCUT2D eigenvalue weighted by Gasteiger charge is 2.19. The van der Waals surface area contributed by atoms with E-state index in [0.717, 1.165) is 31.9 Å². The minimum atomic E-state index is -0.173. The van der Waals surface area contributed by atoms with Gasteiger partial charge in [-0.05, 0) is 38.5 Å². The van der Waals surface area contributed by atoms with Crippen molar-refractivity contribution < 1.29 is 4.42 Å². The van der Waals surface area contributed by atoms with E-state index in [1.165, 1.54) is 11.3 Å². The van der Waals surface area contributed by atoms with E-state index in [9.17, 15) is 0 Å².